The Morgan fingerprint density at radius 2 is 1.72 bits per heavy atom. The highest BCUT2D eigenvalue weighted by Crippen LogP contribution is 2.22. The average molecular weight is 339 g/mol. The van der Waals surface area contributed by atoms with Crippen molar-refractivity contribution in [1.82, 2.24) is 5.32 Å². The van der Waals surface area contributed by atoms with E-state index in [1.807, 2.05) is 39.8 Å². The molecule has 3 nitrogen and oxygen atoms in total. The van der Waals surface area contributed by atoms with Gasteiger partial charge in [0.05, 0.1) is 6.04 Å². The van der Waals surface area contributed by atoms with Gasteiger partial charge in [-0.25, -0.2) is 0 Å². The van der Waals surface area contributed by atoms with E-state index in [1.54, 1.807) is 0 Å². The molecule has 0 heterocycles. The lowest BCUT2D eigenvalue weighted by atomic mass is 10.0. The zero-order valence-electron chi connectivity index (χ0n) is 16.1. The Hall–Kier alpha value is -2.29. The lowest BCUT2D eigenvalue weighted by molar-refractivity contribution is -0.128. The second-order valence-electron chi connectivity index (χ2n) is 6.86. The van der Waals surface area contributed by atoms with E-state index in [0.29, 0.717) is 6.42 Å². The van der Waals surface area contributed by atoms with Gasteiger partial charge in [-0.05, 0) is 69.4 Å². The predicted octanol–water partition coefficient (Wildman–Crippen LogP) is 4.96. The first kappa shape index (κ1) is 19.0. The summed E-state index contributed by atoms with van der Waals surface area (Å²) in [6.45, 7) is 12.2. The molecule has 2 aromatic rings. The van der Waals surface area contributed by atoms with Gasteiger partial charge in [0.25, 0.3) is 5.91 Å². The zero-order valence-corrected chi connectivity index (χ0v) is 16.1. The fourth-order valence-corrected chi connectivity index (χ4v) is 2.83. The van der Waals surface area contributed by atoms with Crippen molar-refractivity contribution in [2.75, 3.05) is 0 Å². The van der Waals surface area contributed by atoms with Gasteiger partial charge in [-0.3, -0.25) is 4.79 Å². The van der Waals surface area contributed by atoms with Crippen LogP contribution in [-0.2, 0) is 4.79 Å². The Morgan fingerprint density at radius 1 is 1.00 bits per heavy atom. The summed E-state index contributed by atoms with van der Waals surface area (Å²) >= 11 is 0. The van der Waals surface area contributed by atoms with Crippen molar-refractivity contribution >= 4 is 5.91 Å². The number of carbonyl (C=O) groups is 1. The Morgan fingerprint density at radius 3 is 2.32 bits per heavy atom. The second kappa shape index (κ2) is 8.19. The van der Waals surface area contributed by atoms with Gasteiger partial charge >= 0.3 is 0 Å². The third kappa shape index (κ3) is 4.85. The molecular weight excluding hydrogens is 310 g/mol. The number of nitrogens with one attached hydrogen (secondary N) is 1. The van der Waals surface area contributed by atoms with E-state index in [2.05, 4.69) is 43.4 Å². The summed E-state index contributed by atoms with van der Waals surface area (Å²) in [5, 5.41) is 3.08. The van der Waals surface area contributed by atoms with Gasteiger partial charge in [0, 0.05) is 0 Å². The first-order valence-electron chi connectivity index (χ1n) is 8.93. The number of hydrogen-bond donors (Lipinski definition) is 1. The molecule has 134 valence electrons. The van der Waals surface area contributed by atoms with E-state index in [1.165, 1.54) is 16.7 Å². The molecule has 1 N–H and O–H groups in total. The van der Waals surface area contributed by atoms with E-state index in [9.17, 15) is 4.79 Å². The monoisotopic (exact) mass is 339 g/mol. The van der Waals surface area contributed by atoms with Crippen LogP contribution in [0.25, 0.3) is 0 Å². The molecule has 3 heteroatoms. The van der Waals surface area contributed by atoms with E-state index < -0.39 is 6.10 Å². The lowest BCUT2D eigenvalue weighted by Crippen LogP contribution is -2.39. The minimum Gasteiger partial charge on any atom is -0.480 e. The van der Waals surface area contributed by atoms with Crippen molar-refractivity contribution in [2.24, 2.45) is 0 Å². The largest absolute Gasteiger partial charge is 0.480 e. The molecule has 2 atom stereocenters. The molecule has 0 unspecified atom stereocenters. The summed E-state index contributed by atoms with van der Waals surface area (Å²) in [5.41, 5.74) is 5.83. The molecule has 0 aromatic heterocycles. The Labute approximate surface area is 151 Å². The number of carbonyl (C=O) groups excluding carboxylic acids is 1. The van der Waals surface area contributed by atoms with Gasteiger partial charge in [0.1, 0.15) is 5.75 Å². The fourth-order valence-electron chi connectivity index (χ4n) is 2.83. The smallest absolute Gasteiger partial charge is 0.261 e. The highest BCUT2D eigenvalue weighted by molar-refractivity contribution is 5.81. The summed E-state index contributed by atoms with van der Waals surface area (Å²) in [5.74, 6) is 0.694. The summed E-state index contributed by atoms with van der Waals surface area (Å²) in [7, 11) is 0. The number of aryl methyl sites for hydroxylation is 4. The maximum atomic E-state index is 12.7. The Kier molecular flexibility index (Phi) is 6.24. The van der Waals surface area contributed by atoms with E-state index in [0.717, 1.165) is 16.9 Å². The van der Waals surface area contributed by atoms with Crippen molar-refractivity contribution in [2.45, 2.75) is 60.1 Å². The van der Waals surface area contributed by atoms with Crippen LogP contribution in [0.1, 0.15) is 54.1 Å². The molecule has 0 bridgehead atoms. The molecule has 0 aliphatic rings. The summed E-state index contributed by atoms with van der Waals surface area (Å²) in [6.07, 6.45) is 0.133. The number of amides is 1. The normalized spacial score (nSPS) is 13.2. The number of rotatable bonds is 6. The average Bonchev–Trinajstić information content (AvgIpc) is 2.56. The van der Waals surface area contributed by atoms with Crippen molar-refractivity contribution in [1.29, 1.82) is 0 Å². The minimum absolute atomic E-state index is 0.0523. The van der Waals surface area contributed by atoms with Crippen LogP contribution in [0.2, 0.25) is 0 Å². The molecule has 0 aliphatic carbocycles. The molecule has 0 saturated heterocycles. The number of hydrogen-bond acceptors (Lipinski definition) is 2. The van der Waals surface area contributed by atoms with Gasteiger partial charge in [0.2, 0.25) is 0 Å². The maximum absolute atomic E-state index is 12.7. The van der Waals surface area contributed by atoms with Crippen LogP contribution in [0.3, 0.4) is 0 Å². The number of ether oxygens (including phenoxy) is 1. The molecular formula is C22H29NO2. The van der Waals surface area contributed by atoms with Crippen molar-refractivity contribution in [3.8, 4) is 5.75 Å². The molecule has 0 fully saturated rings. The highest BCUT2D eigenvalue weighted by atomic mass is 16.5. The molecule has 25 heavy (non-hydrogen) atoms. The van der Waals surface area contributed by atoms with Crippen LogP contribution in [-0.4, -0.2) is 12.0 Å². The van der Waals surface area contributed by atoms with Crippen molar-refractivity contribution in [3.05, 3.63) is 64.2 Å². The predicted molar refractivity (Wildman–Crippen MR) is 103 cm³/mol. The van der Waals surface area contributed by atoms with Crippen molar-refractivity contribution in [3.63, 3.8) is 0 Å². The maximum Gasteiger partial charge on any atom is 0.261 e. The van der Waals surface area contributed by atoms with Gasteiger partial charge < -0.3 is 10.1 Å². The van der Waals surface area contributed by atoms with Crippen molar-refractivity contribution < 1.29 is 9.53 Å². The van der Waals surface area contributed by atoms with Gasteiger partial charge in [-0.1, -0.05) is 42.8 Å². The minimum atomic E-state index is -0.490. The van der Waals surface area contributed by atoms with E-state index in [-0.39, 0.29) is 11.9 Å². The van der Waals surface area contributed by atoms with Crippen LogP contribution in [0, 0.1) is 27.7 Å². The first-order chi connectivity index (χ1) is 11.8. The fraction of sp³-hybridized carbons (Fsp3) is 0.409. The van der Waals surface area contributed by atoms with Crippen LogP contribution in [0.4, 0.5) is 0 Å². The summed E-state index contributed by atoms with van der Waals surface area (Å²) in [4.78, 5) is 12.7. The highest BCUT2D eigenvalue weighted by Gasteiger charge is 2.21. The van der Waals surface area contributed by atoms with Crippen LogP contribution >= 0.6 is 0 Å². The van der Waals surface area contributed by atoms with E-state index >= 15 is 0 Å². The third-order valence-electron chi connectivity index (χ3n) is 4.65. The van der Waals surface area contributed by atoms with Crippen LogP contribution in [0.15, 0.2) is 36.4 Å². The molecule has 2 aromatic carbocycles. The van der Waals surface area contributed by atoms with E-state index in [4.69, 9.17) is 4.74 Å². The molecule has 1 amide bonds. The van der Waals surface area contributed by atoms with Crippen LogP contribution < -0.4 is 10.1 Å². The Bertz CT molecular complexity index is 752. The molecule has 0 spiro atoms. The summed E-state index contributed by atoms with van der Waals surface area (Å²) in [6, 6.07) is 12.3. The molecule has 2 rings (SSSR count). The second-order valence-corrected chi connectivity index (χ2v) is 6.86. The SMILES string of the molecule is CC[C@@H](Oc1ccc(C)cc1C)C(=O)N[C@H](C)c1ccc(C)c(C)c1. The topological polar surface area (TPSA) is 38.3 Å². The zero-order chi connectivity index (χ0) is 18.6. The molecule has 0 aliphatic heterocycles. The third-order valence-corrected chi connectivity index (χ3v) is 4.65. The van der Waals surface area contributed by atoms with Gasteiger partial charge in [-0.2, -0.15) is 0 Å². The lowest BCUT2D eigenvalue weighted by Gasteiger charge is -2.22. The first-order valence-corrected chi connectivity index (χ1v) is 8.93. The standard InChI is InChI=1S/C22H29NO2/c1-7-20(25-21-11-8-14(2)12-17(21)5)22(24)23-18(6)19-10-9-15(3)16(4)13-19/h8-13,18,20H,7H2,1-6H3,(H,23,24)/t18-,20-/m1/s1. The number of benzene rings is 2. The van der Waals surface area contributed by atoms with Gasteiger partial charge in [-0.15, -0.1) is 0 Å². The molecule has 0 radical (unpaired) electrons. The quantitative estimate of drug-likeness (QED) is 0.808. The summed E-state index contributed by atoms with van der Waals surface area (Å²) < 4.78 is 5.98. The van der Waals surface area contributed by atoms with Gasteiger partial charge in [0.15, 0.2) is 6.10 Å². The molecule has 0 saturated carbocycles. The van der Waals surface area contributed by atoms with Crippen LogP contribution in [0.5, 0.6) is 5.75 Å². The Balaban J connectivity index is 2.07.